The van der Waals surface area contributed by atoms with Crippen LogP contribution in [0.4, 0.5) is 0 Å². The lowest BCUT2D eigenvalue weighted by atomic mass is 10.3. The SMILES string of the molecule is O=c1[nH]cc(C=CCBr)cc1Cl. The number of rotatable bonds is 2. The van der Waals surface area contributed by atoms with Crippen molar-refractivity contribution in [3.63, 3.8) is 0 Å². The van der Waals surface area contributed by atoms with Gasteiger partial charge in [-0.1, -0.05) is 39.7 Å². The first-order chi connectivity index (χ1) is 5.74. The number of aromatic amines is 1. The van der Waals surface area contributed by atoms with Crippen LogP contribution in [0.2, 0.25) is 5.02 Å². The van der Waals surface area contributed by atoms with Crippen molar-refractivity contribution in [1.29, 1.82) is 0 Å². The van der Waals surface area contributed by atoms with Crippen LogP contribution < -0.4 is 5.56 Å². The molecule has 0 saturated carbocycles. The van der Waals surface area contributed by atoms with Crippen molar-refractivity contribution in [2.45, 2.75) is 0 Å². The van der Waals surface area contributed by atoms with Crippen molar-refractivity contribution in [1.82, 2.24) is 4.98 Å². The first-order valence-corrected chi connectivity index (χ1v) is 4.84. The monoisotopic (exact) mass is 247 g/mol. The van der Waals surface area contributed by atoms with E-state index in [9.17, 15) is 4.79 Å². The summed E-state index contributed by atoms with van der Waals surface area (Å²) in [4.78, 5) is 13.3. The highest BCUT2D eigenvalue weighted by Gasteiger charge is 1.94. The van der Waals surface area contributed by atoms with Crippen molar-refractivity contribution < 1.29 is 0 Å². The van der Waals surface area contributed by atoms with E-state index in [4.69, 9.17) is 11.6 Å². The van der Waals surface area contributed by atoms with Gasteiger partial charge in [0.25, 0.3) is 5.56 Å². The number of aromatic nitrogens is 1. The van der Waals surface area contributed by atoms with E-state index in [1.807, 2.05) is 12.2 Å². The zero-order valence-electron chi connectivity index (χ0n) is 6.18. The van der Waals surface area contributed by atoms with E-state index < -0.39 is 0 Å². The van der Waals surface area contributed by atoms with Gasteiger partial charge in [-0.15, -0.1) is 0 Å². The van der Waals surface area contributed by atoms with E-state index in [0.29, 0.717) is 0 Å². The van der Waals surface area contributed by atoms with Gasteiger partial charge in [0.2, 0.25) is 0 Å². The average Bonchev–Trinajstić information content (AvgIpc) is 2.07. The Kier molecular flexibility index (Phi) is 3.56. The molecule has 0 amide bonds. The summed E-state index contributed by atoms with van der Waals surface area (Å²) >= 11 is 8.85. The van der Waals surface area contributed by atoms with E-state index in [-0.39, 0.29) is 10.6 Å². The fourth-order valence-corrected chi connectivity index (χ4v) is 1.12. The first-order valence-electron chi connectivity index (χ1n) is 3.35. The molecule has 4 heteroatoms. The minimum atomic E-state index is -0.257. The van der Waals surface area contributed by atoms with Crippen LogP contribution in [0.5, 0.6) is 0 Å². The summed E-state index contributed by atoms with van der Waals surface area (Å²) < 4.78 is 0. The number of allylic oxidation sites excluding steroid dienone is 1. The van der Waals surface area contributed by atoms with Crippen molar-refractivity contribution in [3.8, 4) is 0 Å². The third kappa shape index (κ3) is 2.50. The minimum Gasteiger partial charge on any atom is -0.327 e. The molecule has 0 aliphatic carbocycles. The number of alkyl halides is 1. The molecular weight excluding hydrogens is 241 g/mol. The third-order valence-corrected chi connectivity index (χ3v) is 1.93. The number of nitrogens with one attached hydrogen (secondary N) is 1. The summed E-state index contributed by atoms with van der Waals surface area (Å²) in [6, 6.07) is 1.62. The van der Waals surface area contributed by atoms with Crippen molar-refractivity contribution in [2.24, 2.45) is 0 Å². The quantitative estimate of drug-likeness (QED) is 0.801. The maximum absolute atomic E-state index is 10.8. The van der Waals surface area contributed by atoms with Gasteiger partial charge in [-0.05, 0) is 11.6 Å². The fourth-order valence-electron chi connectivity index (χ4n) is 0.748. The van der Waals surface area contributed by atoms with E-state index >= 15 is 0 Å². The Labute approximate surface area is 83.4 Å². The van der Waals surface area contributed by atoms with E-state index in [1.54, 1.807) is 12.3 Å². The highest BCUT2D eigenvalue weighted by molar-refractivity contribution is 9.09. The summed E-state index contributed by atoms with van der Waals surface area (Å²) in [5.41, 5.74) is 0.631. The van der Waals surface area contributed by atoms with Crippen LogP contribution in [0.15, 0.2) is 23.1 Å². The normalized spacial score (nSPS) is 10.8. The van der Waals surface area contributed by atoms with Gasteiger partial charge in [-0.25, -0.2) is 0 Å². The summed E-state index contributed by atoms with van der Waals surface area (Å²) in [5, 5.41) is 0.996. The standard InChI is InChI=1S/C8H7BrClNO/c9-3-1-2-6-4-7(10)8(12)11-5-6/h1-2,4-5H,3H2,(H,11,12). The van der Waals surface area contributed by atoms with Gasteiger partial charge in [0.15, 0.2) is 0 Å². The molecule has 0 aromatic carbocycles. The molecule has 0 saturated heterocycles. The van der Waals surface area contributed by atoms with Crippen molar-refractivity contribution in [2.75, 3.05) is 5.33 Å². The second-order valence-electron chi connectivity index (χ2n) is 2.17. The molecule has 0 bridgehead atoms. The Balaban J connectivity index is 2.97. The molecular formula is C8H7BrClNO. The summed E-state index contributed by atoms with van der Waals surface area (Å²) in [7, 11) is 0. The molecule has 64 valence electrons. The zero-order valence-corrected chi connectivity index (χ0v) is 8.52. The van der Waals surface area contributed by atoms with Crippen molar-refractivity contribution in [3.05, 3.63) is 39.3 Å². The Morgan fingerprint density at radius 2 is 2.42 bits per heavy atom. The van der Waals surface area contributed by atoms with Crippen LogP contribution in [0.25, 0.3) is 6.08 Å². The van der Waals surface area contributed by atoms with Crippen molar-refractivity contribution >= 4 is 33.6 Å². The zero-order chi connectivity index (χ0) is 8.97. The molecule has 0 aliphatic rings. The molecule has 0 aliphatic heterocycles. The second kappa shape index (κ2) is 4.48. The molecule has 0 radical (unpaired) electrons. The van der Waals surface area contributed by atoms with Gasteiger partial charge in [0.05, 0.1) is 0 Å². The van der Waals surface area contributed by atoms with Crippen LogP contribution in [-0.4, -0.2) is 10.3 Å². The maximum atomic E-state index is 10.8. The summed E-state index contributed by atoms with van der Waals surface area (Å²) in [6.07, 6.45) is 5.41. The maximum Gasteiger partial charge on any atom is 0.266 e. The van der Waals surface area contributed by atoms with Crippen LogP contribution >= 0.6 is 27.5 Å². The Morgan fingerprint density at radius 3 is 3.00 bits per heavy atom. The van der Waals surface area contributed by atoms with Gasteiger partial charge >= 0.3 is 0 Å². The molecule has 2 nitrogen and oxygen atoms in total. The molecule has 1 rings (SSSR count). The average molecular weight is 249 g/mol. The highest BCUT2D eigenvalue weighted by Crippen LogP contribution is 2.05. The molecule has 0 atom stereocenters. The Morgan fingerprint density at radius 1 is 1.67 bits per heavy atom. The van der Waals surface area contributed by atoms with Crippen LogP contribution in [0.3, 0.4) is 0 Å². The predicted octanol–water partition coefficient (Wildman–Crippen LogP) is 2.44. The van der Waals surface area contributed by atoms with Crippen LogP contribution in [-0.2, 0) is 0 Å². The number of H-pyrrole nitrogens is 1. The highest BCUT2D eigenvalue weighted by atomic mass is 79.9. The molecule has 1 aromatic rings. The lowest BCUT2D eigenvalue weighted by Gasteiger charge is -1.92. The van der Waals surface area contributed by atoms with Crippen LogP contribution in [0.1, 0.15) is 5.56 Å². The Bertz CT molecular complexity index is 345. The molecule has 0 unspecified atom stereocenters. The summed E-state index contributed by atoms with van der Waals surface area (Å²) in [5.74, 6) is 0. The van der Waals surface area contributed by atoms with Gasteiger partial charge in [-0.2, -0.15) is 0 Å². The van der Waals surface area contributed by atoms with E-state index in [2.05, 4.69) is 20.9 Å². The second-order valence-corrected chi connectivity index (χ2v) is 3.22. The molecule has 12 heavy (non-hydrogen) atoms. The third-order valence-electron chi connectivity index (χ3n) is 1.28. The topological polar surface area (TPSA) is 32.9 Å². The number of pyridine rings is 1. The lowest BCUT2D eigenvalue weighted by molar-refractivity contribution is 1.23. The first kappa shape index (κ1) is 9.55. The van der Waals surface area contributed by atoms with Gasteiger partial charge < -0.3 is 4.98 Å². The van der Waals surface area contributed by atoms with Crippen LogP contribution in [0, 0.1) is 0 Å². The van der Waals surface area contributed by atoms with E-state index in [0.717, 1.165) is 10.9 Å². The van der Waals surface area contributed by atoms with Gasteiger partial charge in [0.1, 0.15) is 5.02 Å². The molecule has 1 N–H and O–H groups in total. The minimum absolute atomic E-state index is 0.215. The van der Waals surface area contributed by atoms with Gasteiger partial charge in [0, 0.05) is 11.5 Å². The van der Waals surface area contributed by atoms with E-state index in [1.165, 1.54) is 0 Å². The number of halogens is 2. The molecule has 0 fully saturated rings. The number of hydrogen-bond donors (Lipinski definition) is 1. The smallest absolute Gasteiger partial charge is 0.266 e. The largest absolute Gasteiger partial charge is 0.327 e. The molecule has 0 spiro atoms. The Hall–Kier alpha value is -0.540. The predicted molar refractivity (Wildman–Crippen MR) is 54.9 cm³/mol. The molecule has 1 aromatic heterocycles. The lowest BCUT2D eigenvalue weighted by Crippen LogP contribution is -2.04. The number of hydrogen-bond acceptors (Lipinski definition) is 1. The summed E-state index contributed by atoms with van der Waals surface area (Å²) in [6.45, 7) is 0. The molecule has 1 heterocycles. The fraction of sp³-hybridized carbons (Fsp3) is 0.125. The van der Waals surface area contributed by atoms with Gasteiger partial charge in [-0.3, -0.25) is 4.79 Å².